The van der Waals surface area contributed by atoms with Gasteiger partial charge in [-0.3, -0.25) is 9.80 Å². The molecule has 3 saturated heterocycles. The van der Waals surface area contributed by atoms with Crippen LogP contribution in [0.2, 0.25) is 0 Å². The highest BCUT2D eigenvalue weighted by atomic mass is 16.3. The fraction of sp³-hybridized carbons (Fsp3) is 0.684. The predicted molar refractivity (Wildman–Crippen MR) is 93.7 cm³/mol. The molecule has 3 heterocycles. The molecule has 0 amide bonds. The summed E-state index contributed by atoms with van der Waals surface area (Å²) in [6.45, 7) is 8.82. The van der Waals surface area contributed by atoms with Gasteiger partial charge in [0.05, 0.1) is 6.10 Å². The number of benzene rings is 1. The van der Waals surface area contributed by atoms with Crippen LogP contribution < -0.4 is 4.90 Å². The average Bonchev–Trinajstić information content (AvgIpc) is 3.17. The van der Waals surface area contributed by atoms with Crippen molar-refractivity contribution in [1.82, 2.24) is 9.80 Å². The quantitative estimate of drug-likeness (QED) is 0.923. The smallest absolute Gasteiger partial charge is 0.0682 e. The normalized spacial score (nSPS) is 32.4. The second-order valence-corrected chi connectivity index (χ2v) is 7.64. The number of piperazine rings is 1. The number of hydrogen-bond acceptors (Lipinski definition) is 4. The van der Waals surface area contributed by atoms with Crippen LogP contribution in [0.4, 0.5) is 5.69 Å². The van der Waals surface area contributed by atoms with E-state index in [0.29, 0.717) is 12.1 Å². The number of hydrogen-bond donors (Lipinski definition) is 1. The van der Waals surface area contributed by atoms with E-state index in [9.17, 15) is 5.11 Å². The first-order valence-electron chi connectivity index (χ1n) is 9.19. The van der Waals surface area contributed by atoms with Crippen LogP contribution in [0.25, 0.3) is 0 Å². The van der Waals surface area contributed by atoms with Crippen LogP contribution in [0.1, 0.15) is 31.7 Å². The molecule has 4 heteroatoms. The van der Waals surface area contributed by atoms with Crippen LogP contribution in [0.5, 0.6) is 0 Å². The molecule has 3 aliphatic rings. The first-order valence-corrected chi connectivity index (χ1v) is 9.19. The third-order valence-corrected chi connectivity index (χ3v) is 5.87. The molecule has 0 radical (unpaired) electrons. The van der Waals surface area contributed by atoms with Gasteiger partial charge in [-0.25, -0.2) is 0 Å². The van der Waals surface area contributed by atoms with Gasteiger partial charge < -0.3 is 10.0 Å². The van der Waals surface area contributed by atoms with Crippen molar-refractivity contribution in [3.05, 3.63) is 29.8 Å². The van der Waals surface area contributed by atoms with Crippen molar-refractivity contribution < 1.29 is 5.11 Å². The summed E-state index contributed by atoms with van der Waals surface area (Å²) in [5.74, 6) is 0. The second kappa shape index (κ2) is 6.42. The van der Waals surface area contributed by atoms with Crippen LogP contribution in [0, 0.1) is 0 Å². The minimum atomic E-state index is -0.119. The highest BCUT2D eigenvalue weighted by Gasteiger charge is 2.37. The number of fused-ring (bicyclic) bond motifs is 1. The van der Waals surface area contributed by atoms with Gasteiger partial charge in [0.25, 0.3) is 0 Å². The van der Waals surface area contributed by atoms with Crippen molar-refractivity contribution in [3.8, 4) is 0 Å². The van der Waals surface area contributed by atoms with Crippen LogP contribution in [-0.2, 0) is 6.54 Å². The summed E-state index contributed by atoms with van der Waals surface area (Å²) < 4.78 is 0. The summed E-state index contributed by atoms with van der Waals surface area (Å²) in [6.07, 6.45) is 3.48. The van der Waals surface area contributed by atoms with E-state index >= 15 is 0 Å². The summed E-state index contributed by atoms with van der Waals surface area (Å²) in [4.78, 5) is 7.55. The number of aliphatic hydroxyl groups excluding tert-OH is 1. The molecular weight excluding hydrogens is 286 g/mol. The van der Waals surface area contributed by atoms with E-state index in [1.807, 2.05) is 0 Å². The summed E-state index contributed by atoms with van der Waals surface area (Å²) in [5.41, 5.74) is 2.79. The highest BCUT2D eigenvalue weighted by molar-refractivity contribution is 5.48. The maximum atomic E-state index is 9.89. The second-order valence-electron chi connectivity index (χ2n) is 7.64. The van der Waals surface area contributed by atoms with E-state index in [0.717, 1.165) is 32.6 Å². The van der Waals surface area contributed by atoms with Gasteiger partial charge in [0, 0.05) is 57.0 Å². The zero-order chi connectivity index (χ0) is 15.8. The molecule has 3 fully saturated rings. The topological polar surface area (TPSA) is 30.0 Å². The maximum Gasteiger partial charge on any atom is 0.0682 e. The SMILES string of the molecule is C[C@H]1CN2C[C@H](O)CC2CN1Cc1ccc(N2CCCC2)cc1. The zero-order valence-corrected chi connectivity index (χ0v) is 14.2. The Labute approximate surface area is 139 Å². The number of anilines is 1. The van der Waals surface area contributed by atoms with Crippen LogP contribution >= 0.6 is 0 Å². The van der Waals surface area contributed by atoms with E-state index in [2.05, 4.69) is 45.9 Å². The largest absolute Gasteiger partial charge is 0.392 e. The monoisotopic (exact) mass is 315 g/mol. The minimum absolute atomic E-state index is 0.119. The molecule has 23 heavy (non-hydrogen) atoms. The van der Waals surface area contributed by atoms with Crippen molar-refractivity contribution >= 4 is 5.69 Å². The summed E-state index contributed by atoms with van der Waals surface area (Å²) in [5, 5.41) is 9.89. The maximum absolute atomic E-state index is 9.89. The van der Waals surface area contributed by atoms with Gasteiger partial charge in [0.15, 0.2) is 0 Å². The van der Waals surface area contributed by atoms with Crippen molar-refractivity contribution in [2.24, 2.45) is 0 Å². The summed E-state index contributed by atoms with van der Waals surface area (Å²) in [7, 11) is 0. The first-order chi connectivity index (χ1) is 11.2. The lowest BCUT2D eigenvalue weighted by Crippen LogP contribution is -2.54. The fourth-order valence-electron chi connectivity index (χ4n) is 4.52. The number of rotatable bonds is 3. The molecule has 3 atom stereocenters. The molecule has 0 bridgehead atoms. The molecule has 0 aliphatic carbocycles. The van der Waals surface area contributed by atoms with Crippen molar-refractivity contribution in [2.75, 3.05) is 37.6 Å². The zero-order valence-electron chi connectivity index (χ0n) is 14.2. The van der Waals surface area contributed by atoms with Gasteiger partial charge in [-0.05, 0) is 43.9 Å². The van der Waals surface area contributed by atoms with E-state index in [1.54, 1.807) is 0 Å². The third kappa shape index (κ3) is 3.25. The third-order valence-electron chi connectivity index (χ3n) is 5.87. The molecule has 1 aromatic carbocycles. The Hall–Kier alpha value is -1.10. The summed E-state index contributed by atoms with van der Waals surface area (Å²) >= 11 is 0. The van der Waals surface area contributed by atoms with Gasteiger partial charge >= 0.3 is 0 Å². The lowest BCUT2D eigenvalue weighted by Gasteiger charge is -2.42. The molecular formula is C19H29N3O. The molecule has 0 spiro atoms. The highest BCUT2D eigenvalue weighted by Crippen LogP contribution is 2.27. The molecule has 1 N–H and O–H groups in total. The Morgan fingerprint density at radius 1 is 1.04 bits per heavy atom. The van der Waals surface area contributed by atoms with Crippen molar-refractivity contribution in [1.29, 1.82) is 0 Å². The van der Waals surface area contributed by atoms with E-state index < -0.39 is 0 Å². The van der Waals surface area contributed by atoms with Gasteiger partial charge in [-0.1, -0.05) is 12.1 Å². The standard InChI is InChI=1S/C19H29N3O/c1-15-11-22-14-19(23)10-18(22)13-21(15)12-16-4-6-17(7-5-16)20-8-2-3-9-20/h4-7,15,18-19,23H,2-3,8-14H2,1H3/t15-,18?,19+/m0/s1. The molecule has 0 aromatic heterocycles. The van der Waals surface area contributed by atoms with Crippen LogP contribution in [-0.4, -0.2) is 65.8 Å². The van der Waals surface area contributed by atoms with E-state index in [4.69, 9.17) is 0 Å². The van der Waals surface area contributed by atoms with E-state index in [1.165, 1.54) is 37.2 Å². The van der Waals surface area contributed by atoms with Crippen molar-refractivity contribution in [3.63, 3.8) is 0 Å². The van der Waals surface area contributed by atoms with Crippen molar-refractivity contribution in [2.45, 2.75) is 50.9 Å². The van der Waals surface area contributed by atoms with Crippen LogP contribution in [0.3, 0.4) is 0 Å². The molecule has 1 aromatic rings. The lowest BCUT2D eigenvalue weighted by molar-refractivity contribution is 0.0528. The Morgan fingerprint density at radius 3 is 2.52 bits per heavy atom. The molecule has 3 aliphatic heterocycles. The Balaban J connectivity index is 1.39. The number of nitrogens with zero attached hydrogens (tertiary/aromatic N) is 3. The molecule has 4 rings (SSSR count). The number of aliphatic hydroxyl groups is 1. The van der Waals surface area contributed by atoms with Crippen LogP contribution in [0.15, 0.2) is 24.3 Å². The average molecular weight is 315 g/mol. The van der Waals surface area contributed by atoms with Gasteiger partial charge in [0.1, 0.15) is 0 Å². The Kier molecular flexibility index (Phi) is 4.31. The fourth-order valence-corrected chi connectivity index (χ4v) is 4.52. The summed E-state index contributed by atoms with van der Waals surface area (Å²) in [6, 6.07) is 10.3. The minimum Gasteiger partial charge on any atom is -0.392 e. The van der Waals surface area contributed by atoms with Gasteiger partial charge in [0.2, 0.25) is 0 Å². The molecule has 126 valence electrons. The molecule has 0 saturated carbocycles. The molecule has 4 nitrogen and oxygen atoms in total. The lowest BCUT2D eigenvalue weighted by atomic mass is 10.1. The Bertz CT molecular complexity index is 526. The predicted octanol–water partition coefficient (Wildman–Crippen LogP) is 1.93. The first kappa shape index (κ1) is 15.4. The van der Waals surface area contributed by atoms with Gasteiger partial charge in [-0.15, -0.1) is 0 Å². The van der Waals surface area contributed by atoms with Gasteiger partial charge in [-0.2, -0.15) is 0 Å². The van der Waals surface area contributed by atoms with E-state index in [-0.39, 0.29) is 6.10 Å². The molecule has 1 unspecified atom stereocenters. The Morgan fingerprint density at radius 2 is 1.78 bits per heavy atom.